The molecule has 5 nitrogen and oxygen atoms in total. The Bertz CT molecular complexity index is 514. The fourth-order valence-corrected chi connectivity index (χ4v) is 1.77. The summed E-state index contributed by atoms with van der Waals surface area (Å²) in [6.45, 7) is 10.7. The van der Waals surface area contributed by atoms with Gasteiger partial charge >= 0.3 is 23.8 Å². The van der Waals surface area contributed by atoms with Crippen LogP contribution in [0.2, 0.25) is 0 Å². The van der Waals surface area contributed by atoms with E-state index in [1.165, 1.54) is 20.8 Å². The predicted molar refractivity (Wildman–Crippen MR) is 90.1 cm³/mol. The van der Waals surface area contributed by atoms with Crippen LogP contribution in [0.4, 0.5) is 22.0 Å². The number of hydrogen-bond acceptors (Lipinski definition) is 4. The van der Waals surface area contributed by atoms with E-state index in [9.17, 15) is 31.5 Å². The zero-order chi connectivity index (χ0) is 22.2. The van der Waals surface area contributed by atoms with Crippen molar-refractivity contribution in [2.24, 2.45) is 0 Å². The van der Waals surface area contributed by atoms with Gasteiger partial charge in [-0.25, -0.2) is 13.6 Å². The number of alkyl halides is 5. The summed E-state index contributed by atoms with van der Waals surface area (Å²) >= 11 is 0. The molecule has 0 aromatic carbocycles. The fraction of sp³-hybridized carbons (Fsp3) is 0.765. The monoisotopic (exact) mass is 405 g/mol. The highest BCUT2D eigenvalue weighted by molar-refractivity contribution is 5.92. The maximum atomic E-state index is 13.7. The van der Waals surface area contributed by atoms with Crippen LogP contribution >= 0.6 is 0 Å². The molecule has 0 rings (SSSR count). The first-order chi connectivity index (χ1) is 12.1. The number of amides is 1. The molecule has 0 aliphatic carbocycles. The van der Waals surface area contributed by atoms with Crippen molar-refractivity contribution in [3.8, 4) is 0 Å². The third-order valence-electron chi connectivity index (χ3n) is 2.99. The molecule has 10 heteroatoms. The van der Waals surface area contributed by atoms with E-state index in [1.807, 2.05) is 13.8 Å². The predicted octanol–water partition coefficient (Wildman–Crippen LogP) is 4.32. The molecule has 0 spiro atoms. The molecule has 0 saturated heterocycles. The Morgan fingerprint density at radius 2 is 1.56 bits per heavy atom. The highest BCUT2D eigenvalue weighted by Gasteiger charge is 2.68. The van der Waals surface area contributed by atoms with E-state index in [0.29, 0.717) is 11.8 Å². The van der Waals surface area contributed by atoms with E-state index in [2.05, 4.69) is 16.1 Å². The van der Waals surface area contributed by atoms with E-state index in [0.717, 1.165) is 6.92 Å². The number of esters is 1. The Balaban J connectivity index is 0. The highest BCUT2D eigenvalue weighted by Crippen LogP contribution is 2.38. The van der Waals surface area contributed by atoms with Crippen molar-refractivity contribution in [3.63, 3.8) is 0 Å². The Morgan fingerprint density at radius 1 is 1.11 bits per heavy atom. The van der Waals surface area contributed by atoms with Crippen molar-refractivity contribution in [1.29, 1.82) is 0 Å². The molecular weight excluding hydrogens is 377 g/mol. The molecule has 0 heterocycles. The van der Waals surface area contributed by atoms with Crippen molar-refractivity contribution in [2.45, 2.75) is 72.4 Å². The summed E-state index contributed by atoms with van der Waals surface area (Å²) in [4.78, 5) is 24.8. The lowest BCUT2D eigenvalue weighted by Gasteiger charge is -2.38. The second-order valence-corrected chi connectivity index (χ2v) is 5.83. The molecule has 0 aliphatic heterocycles. The SMILES string of the molecule is C=C(C)C(=O)OC(OCC(C)(F)F)(C(=O)N(CC)C(C)C)C(F)(F)F.CC. The number of carbonyl (C=O) groups is 2. The normalized spacial score (nSPS) is 14.0. The van der Waals surface area contributed by atoms with Gasteiger partial charge in [0.1, 0.15) is 6.61 Å². The molecular formula is C17H28F5NO4. The first-order valence-corrected chi connectivity index (χ1v) is 8.37. The second-order valence-electron chi connectivity index (χ2n) is 5.83. The Hall–Kier alpha value is -1.71. The topological polar surface area (TPSA) is 55.8 Å². The minimum atomic E-state index is -5.59. The largest absolute Gasteiger partial charge is 0.466 e. The Labute approximate surface area is 156 Å². The van der Waals surface area contributed by atoms with E-state index in [1.54, 1.807) is 0 Å². The van der Waals surface area contributed by atoms with Gasteiger partial charge in [0.05, 0.1) is 0 Å². The van der Waals surface area contributed by atoms with Gasteiger partial charge in [-0.05, 0) is 27.7 Å². The van der Waals surface area contributed by atoms with Crippen molar-refractivity contribution in [3.05, 3.63) is 12.2 Å². The lowest BCUT2D eigenvalue weighted by atomic mass is 10.1. The van der Waals surface area contributed by atoms with Gasteiger partial charge in [-0.1, -0.05) is 20.4 Å². The van der Waals surface area contributed by atoms with Gasteiger partial charge in [-0.15, -0.1) is 0 Å². The molecule has 0 saturated carbocycles. The number of ether oxygens (including phenoxy) is 2. The van der Waals surface area contributed by atoms with Crippen LogP contribution in [0.15, 0.2) is 12.2 Å². The third kappa shape index (κ3) is 7.82. The first kappa shape index (κ1) is 27.5. The molecule has 0 N–H and O–H groups in total. The maximum absolute atomic E-state index is 13.7. The molecule has 1 atom stereocenters. The Morgan fingerprint density at radius 3 is 1.81 bits per heavy atom. The van der Waals surface area contributed by atoms with Crippen LogP contribution < -0.4 is 0 Å². The van der Waals surface area contributed by atoms with Gasteiger partial charge in [0.2, 0.25) is 0 Å². The van der Waals surface area contributed by atoms with Gasteiger partial charge in [0, 0.05) is 25.1 Å². The zero-order valence-corrected chi connectivity index (χ0v) is 16.7. The standard InChI is InChI=1S/C15H22F5NO4.C2H6/c1-7-21(10(4)5)12(23)14(15(18,19)20,24-8-13(6,16)17)25-11(22)9(2)3;1-2/h10H,2,7-8H2,1,3-6H3;1-2H3. The number of likely N-dealkylation sites (N-methyl/N-ethyl adjacent to an activating group) is 1. The van der Waals surface area contributed by atoms with Gasteiger partial charge in [0.25, 0.3) is 5.92 Å². The summed E-state index contributed by atoms with van der Waals surface area (Å²) in [5.41, 5.74) is -0.458. The summed E-state index contributed by atoms with van der Waals surface area (Å²) in [6.07, 6.45) is -5.59. The van der Waals surface area contributed by atoms with Crippen molar-refractivity contribution in [1.82, 2.24) is 4.90 Å². The van der Waals surface area contributed by atoms with E-state index in [4.69, 9.17) is 0 Å². The van der Waals surface area contributed by atoms with Crippen molar-refractivity contribution in [2.75, 3.05) is 13.2 Å². The van der Waals surface area contributed by atoms with Crippen LogP contribution in [0.5, 0.6) is 0 Å². The highest BCUT2D eigenvalue weighted by atomic mass is 19.4. The summed E-state index contributed by atoms with van der Waals surface area (Å²) in [6, 6.07) is -0.728. The average Bonchev–Trinajstić information content (AvgIpc) is 2.51. The minimum Gasteiger partial charge on any atom is -0.412 e. The number of halogens is 5. The summed E-state index contributed by atoms with van der Waals surface area (Å²) in [7, 11) is 0. The van der Waals surface area contributed by atoms with Gasteiger partial charge < -0.3 is 14.4 Å². The number of rotatable bonds is 8. The van der Waals surface area contributed by atoms with Crippen LogP contribution in [0, 0.1) is 0 Å². The van der Waals surface area contributed by atoms with Gasteiger partial charge in [-0.2, -0.15) is 13.2 Å². The minimum absolute atomic E-state index is 0.190. The number of hydrogen-bond donors (Lipinski definition) is 0. The molecule has 27 heavy (non-hydrogen) atoms. The lowest BCUT2D eigenvalue weighted by molar-refractivity contribution is -0.358. The molecule has 0 fully saturated rings. The summed E-state index contributed by atoms with van der Waals surface area (Å²) in [5.74, 6) is -11.3. The molecule has 160 valence electrons. The molecule has 0 aromatic rings. The van der Waals surface area contributed by atoms with E-state index < -0.39 is 48.0 Å². The van der Waals surface area contributed by atoms with Gasteiger partial charge in [0.15, 0.2) is 0 Å². The van der Waals surface area contributed by atoms with E-state index in [-0.39, 0.29) is 6.54 Å². The molecule has 0 radical (unpaired) electrons. The van der Waals surface area contributed by atoms with Crippen LogP contribution in [0.1, 0.15) is 48.5 Å². The molecule has 0 aliphatic rings. The molecule has 1 amide bonds. The smallest absolute Gasteiger partial charge is 0.412 e. The van der Waals surface area contributed by atoms with Crippen LogP contribution in [-0.4, -0.2) is 53.9 Å². The average molecular weight is 405 g/mol. The summed E-state index contributed by atoms with van der Waals surface area (Å²) < 4.78 is 75.6. The number of nitrogens with zero attached hydrogens (tertiary/aromatic N) is 1. The van der Waals surface area contributed by atoms with Crippen molar-refractivity contribution >= 4 is 11.9 Å². The number of carbonyl (C=O) groups excluding carboxylic acids is 2. The molecule has 0 aromatic heterocycles. The third-order valence-corrected chi connectivity index (χ3v) is 2.99. The first-order valence-electron chi connectivity index (χ1n) is 8.37. The van der Waals surface area contributed by atoms with Crippen molar-refractivity contribution < 1.29 is 41.0 Å². The molecule has 0 bridgehead atoms. The summed E-state index contributed by atoms with van der Waals surface area (Å²) in [5, 5.41) is 0. The van der Waals surface area contributed by atoms with Crippen LogP contribution in [-0.2, 0) is 19.1 Å². The maximum Gasteiger partial charge on any atom is 0.466 e. The molecule has 1 unspecified atom stereocenters. The van der Waals surface area contributed by atoms with Gasteiger partial charge in [-0.3, -0.25) is 4.79 Å². The van der Waals surface area contributed by atoms with E-state index >= 15 is 0 Å². The lowest BCUT2D eigenvalue weighted by Crippen LogP contribution is -2.64. The zero-order valence-electron chi connectivity index (χ0n) is 16.7. The van der Waals surface area contributed by atoms with Crippen LogP contribution in [0.25, 0.3) is 0 Å². The second kappa shape index (κ2) is 10.6. The quantitative estimate of drug-likeness (QED) is 0.261. The van der Waals surface area contributed by atoms with Crippen LogP contribution in [0.3, 0.4) is 0 Å². The Kier molecular flexibility index (Phi) is 10.8. The fourth-order valence-electron chi connectivity index (χ4n) is 1.77.